The van der Waals surface area contributed by atoms with Gasteiger partial charge in [-0.3, -0.25) is 9.59 Å². The summed E-state index contributed by atoms with van der Waals surface area (Å²) in [5, 5.41) is 8.74. The predicted octanol–water partition coefficient (Wildman–Crippen LogP) is 2.15. The molecular weight excluding hydrogens is 266 g/mol. The average Bonchev–Trinajstić information content (AvgIpc) is 2.51. The predicted molar refractivity (Wildman–Crippen MR) is 85.5 cm³/mol. The summed E-state index contributed by atoms with van der Waals surface area (Å²) in [4.78, 5) is 23.4. The molecule has 0 heterocycles. The Hall–Kier alpha value is -2.04. The van der Waals surface area contributed by atoms with Crippen molar-refractivity contribution in [1.29, 1.82) is 0 Å². The van der Waals surface area contributed by atoms with E-state index in [2.05, 4.69) is 16.0 Å². The molecule has 1 unspecified atom stereocenters. The maximum atomic E-state index is 11.9. The van der Waals surface area contributed by atoms with Gasteiger partial charge in [-0.05, 0) is 44.0 Å². The smallest absolute Gasteiger partial charge is 0.251 e. The van der Waals surface area contributed by atoms with Crippen molar-refractivity contribution in [2.45, 2.75) is 39.7 Å². The molecule has 0 saturated heterocycles. The van der Waals surface area contributed by atoms with E-state index in [4.69, 9.17) is 0 Å². The van der Waals surface area contributed by atoms with Gasteiger partial charge in [-0.25, -0.2) is 0 Å². The quantitative estimate of drug-likeness (QED) is 0.687. The third-order valence-electron chi connectivity index (χ3n) is 3.16. The summed E-state index contributed by atoms with van der Waals surface area (Å²) in [5.41, 5.74) is 1.44. The number of anilines is 1. The second kappa shape index (κ2) is 9.00. The Bertz CT molecular complexity index is 457. The second-order valence-corrected chi connectivity index (χ2v) is 5.06. The maximum Gasteiger partial charge on any atom is 0.251 e. The molecule has 0 aromatic heterocycles. The molecule has 3 N–H and O–H groups in total. The van der Waals surface area contributed by atoms with Crippen molar-refractivity contribution in [3.05, 3.63) is 29.8 Å². The van der Waals surface area contributed by atoms with Crippen LogP contribution in [0.15, 0.2) is 24.3 Å². The topological polar surface area (TPSA) is 70.2 Å². The number of benzene rings is 1. The normalized spacial score (nSPS) is 11.6. The van der Waals surface area contributed by atoms with Gasteiger partial charge in [0.2, 0.25) is 5.91 Å². The maximum absolute atomic E-state index is 11.9. The van der Waals surface area contributed by atoms with Crippen molar-refractivity contribution in [2.24, 2.45) is 0 Å². The van der Waals surface area contributed by atoms with Crippen molar-refractivity contribution in [1.82, 2.24) is 10.6 Å². The summed E-state index contributed by atoms with van der Waals surface area (Å²) in [7, 11) is 0. The van der Waals surface area contributed by atoms with E-state index in [0.717, 1.165) is 18.5 Å². The first kappa shape index (κ1) is 17.0. The van der Waals surface area contributed by atoms with E-state index in [1.54, 1.807) is 24.3 Å². The van der Waals surface area contributed by atoms with E-state index in [-0.39, 0.29) is 24.4 Å². The molecule has 21 heavy (non-hydrogen) atoms. The van der Waals surface area contributed by atoms with Crippen molar-refractivity contribution >= 4 is 17.5 Å². The SMILES string of the molecule is CCCNC(=O)CNc1ccc(C(=O)NC(C)CC)cc1. The van der Waals surface area contributed by atoms with E-state index in [0.29, 0.717) is 12.1 Å². The van der Waals surface area contributed by atoms with Crippen LogP contribution < -0.4 is 16.0 Å². The zero-order chi connectivity index (χ0) is 15.7. The standard InChI is InChI=1S/C16H25N3O2/c1-4-10-17-15(20)11-18-14-8-6-13(7-9-14)16(21)19-12(3)5-2/h6-9,12,18H,4-5,10-11H2,1-3H3,(H,17,20)(H,19,21). The van der Waals surface area contributed by atoms with E-state index >= 15 is 0 Å². The van der Waals surface area contributed by atoms with Crippen LogP contribution in [-0.2, 0) is 4.79 Å². The molecule has 0 saturated carbocycles. The molecule has 0 aliphatic carbocycles. The minimum atomic E-state index is -0.0726. The molecule has 1 atom stereocenters. The highest BCUT2D eigenvalue weighted by molar-refractivity contribution is 5.94. The van der Waals surface area contributed by atoms with Gasteiger partial charge >= 0.3 is 0 Å². The van der Waals surface area contributed by atoms with Gasteiger partial charge in [0.05, 0.1) is 6.54 Å². The monoisotopic (exact) mass is 291 g/mol. The first-order chi connectivity index (χ1) is 10.1. The summed E-state index contributed by atoms with van der Waals surface area (Å²) >= 11 is 0. The molecule has 116 valence electrons. The third kappa shape index (κ3) is 6.29. The van der Waals surface area contributed by atoms with Crippen LogP contribution in [-0.4, -0.2) is 30.9 Å². The lowest BCUT2D eigenvalue weighted by Gasteiger charge is -2.12. The van der Waals surface area contributed by atoms with Crippen molar-refractivity contribution in [3.63, 3.8) is 0 Å². The van der Waals surface area contributed by atoms with E-state index in [1.165, 1.54) is 0 Å². The van der Waals surface area contributed by atoms with Gasteiger partial charge < -0.3 is 16.0 Å². The molecule has 1 aromatic carbocycles. The lowest BCUT2D eigenvalue weighted by molar-refractivity contribution is -0.119. The van der Waals surface area contributed by atoms with Crippen LogP contribution in [0.2, 0.25) is 0 Å². The summed E-state index contributed by atoms with van der Waals surface area (Å²) in [5.74, 6) is -0.105. The average molecular weight is 291 g/mol. The Labute approximate surface area is 126 Å². The largest absolute Gasteiger partial charge is 0.376 e. The van der Waals surface area contributed by atoms with Gasteiger partial charge in [0.1, 0.15) is 0 Å². The molecule has 0 fully saturated rings. The minimum absolute atomic E-state index is 0.0320. The molecule has 5 heteroatoms. The number of nitrogens with one attached hydrogen (secondary N) is 3. The van der Waals surface area contributed by atoms with Crippen LogP contribution in [0.4, 0.5) is 5.69 Å². The Morgan fingerprint density at radius 1 is 1.14 bits per heavy atom. The van der Waals surface area contributed by atoms with Crippen LogP contribution in [0, 0.1) is 0 Å². The van der Waals surface area contributed by atoms with E-state index < -0.39 is 0 Å². The van der Waals surface area contributed by atoms with Gasteiger partial charge in [0.15, 0.2) is 0 Å². The van der Waals surface area contributed by atoms with Crippen LogP contribution in [0.5, 0.6) is 0 Å². The molecule has 0 bridgehead atoms. The number of carbonyl (C=O) groups excluding carboxylic acids is 2. The fraction of sp³-hybridized carbons (Fsp3) is 0.500. The zero-order valence-corrected chi connectivity index (χ0v) is 13.0. The third-order valence-corrected chi connectivity index (χ3v) is 3.16. The summed E-state index contributed by atoms with van der Waals surface area (Å²) < 4.78 is 0. The second-order valence-electron chi connectivity index (χ2n) is 5.06. The lowest BCUT2D eigenvalue weighted by Crippen LogP contribution is -2.32. The highest BCUT2D eigenvalue weighted by Gasteiger charge is 2.08. The Balaban J connectivity index is 2.46. The Morgan fingerprint density at radius 2 is 1.81 bits per heavy atom. The highest BCUT2D eigenvalue weighted by Crippen LogP contribution is 2.09. The van der Waals surface area contributed by atoms with Crippen molar-refractivity contribution in [2.75, 3.05) is 18.4 Å². The molecule has 2 amide bonds. The number of hydrogen-bond donors (Lipinski definition) is 3. The van der Waals surface area contributed by atoms with Crippen molar-refractivity contribution in [3.8, 4) is 0 Å². The zero-order valence-electron chi connectivity index (χ0n) is 13.0. The number of rotatable bonds is 8. The molecular formula is C16H25N3O2. The lowest BCUT2D eigenvalue weighted by atomic mass is 10.1. The van der Waals surface area contributed by atoms with Crippen LogP contribution >= 0.6 is 0 Å². The number of amides is 2. The first-order valence-corrected chi connectivity index (χ1v) is 7.48. The molecule has 0 radical (unpaired) electrons. The van der Waals surface area contributed by atoms with Gasteiger partial charge in [0.25, 0.3) is 5.91 Å². The molecule has 1 rings (SSSR count). The fourth-order valence-electron chi connectivity index (χ4n) is 1.66. The van der Waals surface area contributed by atoms with Crippen LogP contribution in [0.25, 0.3) is 0 Å². The highest BCUT2D eigenvalue weighted by atomic mass is 16.2. The summed E-state index contributed by atoms with van der Waals surface area (Å²) in [6.07, 6.45) is 1.82. The molecule has 1 aromatic rings. The van der Waals surface area contributed by atoms with Gasteiger partial charge in [-0.15, -0.1) is 0 Å². The van der Waals surface area contributed by atoms with Gasteiger partial charge in [-0.2, -0.15) is 0 Å². The minimum Gasteiger partial charge on any atom is -0.376 e. The van der Waals surface area contributed by atoms with E-state index in [1.807, 2.05) is 20.8 Å². The molecule has 0 spiro atoms. The van der Waals surface area contributed by atoms with Gasteiger partial charge in [-0.1, -0.05) is 13.8 Å². The Morgan fingerprint density at radius 3 is 2.38 bits per heavy atom. The number of hydrogen-bond acceptors (Lipinski definition) is 3. The Kier molecular flexibility index (Phi) is 7.29. The van der Waals surface area contributed by atoms with Crippen LogP contribution in [0.1, 0.15) is 44.0 Å². The molecule has 0 aliphatic rings. The number of carbonyl (C=O) groups is 2. The van der Waals surface area contributed by atoms with Crippen molar-refractivity contribution < 1.29 is 9.59 Å². The molecule has 0 aliphatic heterocycles. The van der Waals surface area contributed by atoms with Gasteiger partial charge in [0, 0.05) is 23.8 Å². The van der Waals surface area contributed by atoms with Crippen LogP contribution in [0.3, 0.4) is 0 Å². The van der Waals surface area contributed by atoms with E-state index in [9.17, 15) is 9.59 Å². The summed E-state index contributed by atoms with van der Waals surface area (Å²) in [6.45, 7) is 6.94. The molecule has 5 nitrogen and oxygen atoms in total. The fourth-order valence-corrected chi connectivity index (χ4v) is 1.66. The summed E-state index contributed by atoms with van der Waals surface area (Å²) in [6, 6.07) is 7.28. The first-order valence-electron chi connectivity index (χ1n) is 7.48.